The highest BCUT2D eigenvalue weighted by Gasteiger charge is 2.44. The van der Waals surface area contributed by atoms with Gasteiger partial charge in [0, 0.05) is 25.0 Å². The summed E-state index contributed by atoms with van der Waals surface area (Å²) < 4.78 is 39.9. The monoisotopic (exact) mass is 412 g/mol. The van der Waals surface area contributed by atoms with Gasteiger partial charge in [0.05, 0.1) is 15.4 Å². The van der Waals surface area contributed by atoms with Gasteiger partial charge in [-0.3, -0.25) is 20.2 Å². The lowest BCUT2D eigenvalue weighted by Crippen LogP contribution is -2.28. The number of halogens is 4. The van der Waals surface area contributed by atoms with Crippen LogP contribution >= 0.6 is 23.4 Å². The fraction of sp³-hybridized carbons (Fsp3) is 0.462. The molecule has 0 aliphatic rings. The maximum absolute atomic E-state index is 13.3. The van der Waals surface area contributed by atoms with E-state index in [1.807, 2.05) is 0 Å². The van der Waals surface area contributed by atoms with Crippen molar-refractivity contribution in [2.75, 3.05) is 23.9 Å². The van der Waals surface area contributed by atoms with Crippen LogP contribution in [0.3, 0.4) is 0 Å². The van der Waals surface area contributed by atoms with Crippen molar-refractivity contribution >= 4 is 40.4 Å². The Bertz CT molecular complexity index is 748. The first-order valence-corrected chi connectivity index (χ1v) is 8.39. The zero-order valence-electron chi connectivity index (χ0n) is 13.2. The molecule has 0 heterocycles. The van der Waals surface area contributed by atoms with Crippen molar-refractivity contribution in [2.45, 2.75) is 24.4 Å². The molecule has 0 atom stereocenters. The molecular weight excluding hydrogens is 401 g/mol. The van der Waals surface area contributed by atoms with E-state index < -0.39 is 43.5 Å². The molecule has 1 rings (SSSR count). The zero-order valence-corrected chi connectivity index (χ0v) is 14.8. The summed E-state index contributed by atoms with van der Waals surface area (Å²) in [6.45, 7) is 1.73. The number of rotatable bonds is 8. The van der Waals surface area contributed by atoms with Gasteiger partial charge in [-0.15, -0.1) is 11.6 Å². The topological polar surface area (TPSA) is 113 Å². The lowest BCUT2D eigenvalue weighted by atomic mass is 10.1. The van der Waals surface area contributed by atoms with E-state index in [0.717, 1.165) is 0 Å². The van der Waals surface area contributed by atoms with Crippen LogP contribution in [0.5, 0.6) is 0 Å². The minimum Gasteiger partial charge on any atom is -0.359 e. The summed E-state index contributed by atoms with van der Waals surface area (Å²) in [4.78, 5) is 20.8. The fourth-order valence-electron chi connectivity index (χ4n) is 2.31. The van der Waals surface area contributed by atoms with Crippen LogP contribution in [0.25, 0.3) is 0 Å². The highest BCUT2D eigenvalue weighted by Crippen LogP contribution is 2.50. The summed E-state index contributed by atoms with van der Waals surface area (Å²) in [6.07, 6.45) is -4.71. The van der Waals surface area contributed by atoms with Gasteiger partial charge in [-0.2, -0.15) is 18.4 Å². The van der Waals surface area contributed by atoms with Crippen molar-refractivity contribution in [3.63, 3.8) is 0 Å². The Kier molecular flexibility index (Phi) is 7.46. The van der Waals surface area contributed by atoms with Crippen molar-refractivity contribution in [1.82, 2.24) is 0 Å². The molecule has 13 heteroatoms. The molecule has 0 amide bonds. The molecule has 0 aromatic heterocycles. The zero-order chi connectivity index (χ0) is 20.1. The fourth-order valence-corrected chi connectivity index (χ4v) is 3.16. The Morgan fingerprint density at radius 3 is 2.31 bits per heavy atom. The highest BCUT2D eigenvalue weighted by molar-refractivity contribution is 8.04. The molecule has 8 nitrogen and oxygen atoms in total. The molecule has 0 bridgehead atoms. The number of nitro benzene ring substituents is 2. The van der Waals surface area contributed by atoms with Crippen molar-refractivity contribution in [1.29, 1.82) is 5.26 Å². The van der Waals surface area contributed by atoms with Crippen LogP contribution in [0, 0.1) is 30.9 Å². The molecule has 0 saturated carbocycles. The summed E-state index contributed by atoms with van der Waals surface area (Å²) in [6, 6.07) is 0.221. The van der Waals surface area contributed by atoms with Crippen LogP contribution in [0.2, 0.25) is 0 Å². The summed E-state index contributed by atoms with van der Waals surface area (Å²) in [5.74, 6) is -0.0595. The van der Waals surface area contributed by atoms with Crippen LogP contribution in [0.1, 0.15) is 18.9 Å². The minimum absolute atomic E-state index is 0.0564. The molecule has 0 unspecified atom stereocenters. The van der Waals surface area contributed by atoms with Gasteiger partial charge in [-0.25, -0.2) is 0 Å². The first kappa shape index (κ1) is 21.8. The van der Waals surface area contributed by atoms with Crippen LogP contribution in [0.4, 0.5) is 30.2 Å². The number of alkyl halides is 4. The van der Waals surface area contributed by atoms with Crippen molar-refractivity contribution in [2.24, 2.45) is 0 Å². The number of thioether (sulfide) groups is 1. The standard InChI is InChI=1S/C13H12ClF3N4O4S/c1-2-4-19(5-3-14)10-9(20(22)23)6-8(13(15,16)17)12(26-7-18)11(10)21(24)25/h6H,2-5H2,1H3. The van der Waals surface area contributed by atoms with E-state index >= 15 is 0 Å². The van der Waals surface area contributed by atoms with Gasteiger partial charge >= 0.3 is 11.9 Å². The van der Waals surface area contributed by atoms with Crippen molar-refractivity contribution in [3.05, 3.63) is 31.9 Å². The molecule has 0 fully saturated rings. The van der Waals surface area contributed by atoms with Crippen LogP contribution < -0.4 is 4.90 Å². The van der Waals surface area contributed by atoms with Gasteiger partial charge < -0.3 is 4.90 Å². The van der Waals surface area contributed by atoms with Gasteiger partial charge in [-0.05, 0) is 18.2 Å². The molecule has 0 saturated heterocycles. The number of hydrogen-bond donors (Lipinski definition) is 0. The Balaban J connectivity index is 4.02. The average molecular weight is 413 g/mol. The van der Waals surface area contributed by atoms with Gasteiger partial charge in [-0.1, -0.05) is 6.92 Å². The first-order valence-electron chi connectivity index (χ1n) is 7.03. The number of nitrogens with zero attached hydrogens (tertiary/aromatic N) is 4. The van der Waals surface area contributed by atoms with E-state index in [1.54, 1.807) is 6.92 Å². The van der Waals surface area contributed by atoms with Crippen LogP contribution in [-0.4, -0.2) is 28.8 Å². The largest absolute Gasteiger partial charge is 0.418 e. The molecule has 1 aromatic rings. The minimum atomic E-state index is -5.12. The maximum atomic E-state index is 13.3. The normalized spacial score (nSPS) is 11.1. The molecule has 0 radical (unpaired) electrons. The van der Waals surface area contributed by atoms with E-state index in [9.17, 15) is 33.4 Å². The van der Waals surface area contributed by atoms with E-state index in [0.29, 0.717) is 6.42 Å². The molecule has 0 N–H and O–H groups in total. The number of anilines is 1. The van der Waals surface area contributed by atoms with Gasteiger partial charge in [0.1, 0.15) is 10.3 Å². The Morgan fingerprint density at radius 2 is 1.92 bits per heavy atom. The third-order valence-electron chi connectivity index (χ3n) is 3.20. The summed E-state index contributed by atoms with van der Waals surface area (Å²) >= 11 is 5.57. The summed E-state index contributed by atoms with van der Waals surface area (Å²) in [7, 11) is 0. The van der Waals surface area contributed by atoms with E-state index in [1.165, 1.54) is 10.3 Å². The number of nitro groups is 2. The predicted molar refractivity (Wildman–Crippen MR) is 89.4 cm³/mol. The molecule has 0 aliphatic carbocycles. The van der Waals surface area contributed by atoms with Crippen molar-refractivity contribution in [3.8, 4) is 5.40 Å². The number of hydrogen-bond acceptors (Lipinski definition) is 7. The maximum Gasteiger partial charge on any atom is 0.418 e. The highest BCUT2D eigenvalue weighted by atomic mass is 35.5. The number of benzene rings is 1. The summed E-state index contributed by atoms with van der Waals surface area (Å²) in [5, 5.41) is 33.0. The second kappa shape index (κ2) is 8.91. The van der Waals surface area contributed by atoms with Gasteiger partial charge in [0.2, 0.25) is 0 Å². The van der Waals surface area contributed by atoms with Gasteiger partial charge in [0.15, 0.2) is 5.69 Å². The quantitative estimate of drug-likeness (QED) is 0.202. The Morgan fingerprint density at radius 1 is 1.31 bits per heavy atom. The second-order valence-corrected chi connectivity index (χ2v) is 6.02. The molecule has 26 heavy (non-hydrogen) atoms. The SMILES string of the molecule is CCCN(CCCl)c1c([N+](=O)[O-])cc(C(F)(F)F)c(SC#N)c1[N+](=O)[O-]. The first-order chi connectivity index (χ1) is 12.1. The second-order valence-electron chi connectivity index (χ2n) is 4.85. The Hall–Kier alpha value is -2.26. The lowest BCUT2D eigenvalue weighted by molar-refractivity contribution is -0.394. The smallest absolute Gasteiger partial charge is 0.359 e. The molecule has 0 aliphatic heterocycles. The molecule has 1 aromatic carbocycles. The average Bonchev–Trinajstić information content (AvgIpc) is 2.52. The summed E-state index contributed by atoms with van der Waals surface area (Å²) in [5.41, 5.74) is -4.39. The van der Waals surface area contributed by atoms with Crippen LogP contribution in [-0.2, 0) is 6.18 Å². The Labute approximate surface area is 154 Å². The third kappa shape index (κ3) is 4.67. The van der Waals surface area contributed by atoms with Crippen LogP contribution in [0.15, 0.2) is 11.0 Å². The molecule has 0 spiro atoms. The number of thiocyanates is 1. The predicted octanol–water partition coefficient (Wildman–Crippen LogP) is 4.55. The third-order valence-corrected chi connectivity index (χ3v) is 4.08. The van der Waals surface area contributed by atoms with E-state index in [-0.39, 0.29) is 36.8 Å². The molecule has 142 valence electrons. The van der Waals surface area contributed by atoms with Crippen molar-refractivity contribution < 1.29 is 23.0 Å². The number of nitriles is 1. The lowest BCUT2D eigenvalue weighted by Gasteiger charge is -2.24. The van der Waals surface area contributed by atoms with E-state index in [2.05, 4.69) is 0 Å². The van der Waals surface area contributed by atoms with Gasteiger partial charge in [0.25, 0.3) is 5.69 Å². The van der Waals surface area contributed by atoms with E-state index in [4.69, 9.17) is 16.9 Å². The molecular formula is C13H12ClF3N4O4S.